The molecule has 0 radical (unpaired) electrons. The highest BCUT2D eigenvalue weighted by molar-refractivity contribution is 5.59. The van der Waals surface area contributed by atoms with Gasteiger partial charge in [0.2, 0.25) is 0 Å². The van der Waals surface area contributed by atoms with Crippen molar-refractivity contribution in [3.8, 4) is 6.07 Å². The van der Waals surface area contributed by atoms with Gasteiger partial charge in [-0.2, -0.15) is 5.26 Å². The summed E-state index contributed by atoms with van der Waals surface area (Å²) in [6.45, 7) is 0. The van der Waals surface area contributed by atoms with Crippen molar-refractivity contribution in [3.05, 3.63) is 29.8 Å². The molecule has 1 saturated carbocycles. The second-order valence-corrected chi connectivity index (χ2v) is 5.11. The monoisotopic (exact) mass is 243 g/mol. The molecule has 1 aromatic carbocycles. The Kier molecular flexibility index (Phi) is 4.22. The van der Waals surface area contributed by atoms with Gasteiger partial charge in [0.15, 0.2) is 0 Å². The van der Waals surface area contributed by atoms with E-state index in [-0.39, 0.29) is 6.04 Å². The second kappa shape index (κ2) is 5.88. The van der Waals surface area contributed by atoms with Crippen molar-refractivity contribution in [2.24, 2.45) is 5.73 Å². The Labute approximate surface area is 109 Å². The summed E-state index contributed by atoms with van der Waals surface area (Å²) >= 11 is 0. The molecule has 96 valence electrons. The Morgan fingerprint density at radius 2 is 1.94 bits per heavy atom. The Morgan fingerprint density at radius 1 is 1.22 bits per heavy atom. The van der Waals surface area contributed by atoms with Crippen LogP contribution >= 0.6 is 0 Å². The molecule has 1 fully saturated rings. The third-order valence-electron chi connectivity index (χ3n) is 3.93. The molecule has 2 N–H and O–H groups in total. The van der Waals surface area contributed by atoms with Gasteiger partial charge in [-0.1, -0.05) is 31.4 Å². The van der Waals surface area contributed by atoms with E-state index in [4.69, 9.17) is 5.73 Å². The van der Waals surface area contributed by atoms with E-state index in [0.717, 1.165) is 24.1 Å². The molecular formula is C15H21N3. The van der Waals surface area contributed by atoms with Crippen molar-refractivity contribution in [2.45, 2.75) is 44.2 Å². The van der Waals surface area contributed by atoms with E-state index in [1.165, 1.54) is 19.3 Å². The number of hydrogen-bond acceptors (Lipinski definition) is 3. The summed E-state index contributed by atoms with van der Waals surface area (Å²) in [7, 11) is 2.06. The Hall–Kier alpha value is -1.53. The smallest absolute Gasteiger partial charge is 0.101 e. The van der Waals surface area contributed by atoms with Gasteiger partial charge in [-0.15, -0.1) is 0 Å². The number of benzene rings is 1. The number of likely N-dealkylation sites (N-methyl/N-ethyl adjacent to an activating group) is 1. The van der Waals surface area contributed by atoms with Crippen LogP contribution in [0, 0.1) is 11.3 Å². The molecule has 3 nitrogen and oxygen atoms in total. The number of hydrogen-bond donors (Lipinski definition) is 1. The minimum Gasteiger partial charge on any atom is -0.369 e. The van der Waals surface area contributed by atoms with Crippen LogP contribution in [-0.2, 0) is 0 Å². The van der Waals surface area contributed by atoms with Crippen molar-refractivity contribution in [1.82, 2.24) is 0 Å². The first-order chi connectivity index (χ1) is 8.74. The molecular weight excluding hydrogens is 222 g/mol. The number of para-hydroxylation sites is 1. The van der Waals surface area contributed by atoms with E-state index in [2.05, 4.69) is 18.0 Å². The second-order valence-electron chi connectivity index (χ2n) is 5.11. The van der Waals surface area contributed by atoms with Crippen LogP contribution in [0.2, 0.25) is 0 Å². The number of nitrogens with zero attached hydrogens (tertiary/aromatic N) is 2. The minimum absolute atomic E-state index is 0.212. The molecule has 18 heavy (non-hydrogen) atoms. The van der Waals surface area contributed by atoms with E-state index in [0.29, 0.717) is 6.04 Å². The standard InChI is InChI=1S/C15H21N3/c1-18(14-9-6-5-7-12(14)11-16)15-10-4-2-3-8-13(15)17/h5-7,9,13,15H,2-4,8,10,17H2,1H3. The molecule has 2 atom stereocenters. The van der Waals surface area contributed by atoms with Gasteiger partial charge in [-0.3, -0.25) is 0 Å². The number of anilines is 1. The fourth-order valence-corrected chi connectivity index (χ4v) is 2.85. The lowest BCUT2D eigenvalue weighted by Crippen LogP contribution is -2.45. The molecule has 3 heteroatoms. The summed E-state index contributed by atoms with van der Waals surface area (Å²) in [6.07, 6.45) is 5.95. The van der Waals surface area contributed by atoms with Crippen LogP contribution in [0.5, 0.6) is 0 Å². The molecule has 0 spiro atoms. The van der Waals surface area contributed by atoms with Crippen molar-refractivity contribution in [2.75, 3.05) is 11.9 Å². The van der Waals surface area contributed by atoms with Gasteiger partial charge >= 0.3 is 0 Å². The van der Waals surface area contributed by atoms with E-state index < -0.39 is 0 Å². The molecule has 2 rings (SSSR count). The van der Waals surface area contributed by atoms with Crippen LogP contribution in [0.1, 0.15) is 37.7 Å². The summed E-state index contributed by atoms with van der Waals surface area (Å²) in [5.41, 5.74) is 8.02. The predicted octanol–water partition coefficient (Wildman–Crippen LogP) is 2.65. The maximum Gasteiger partial charge on any atom is 0.101 e. The van der Waals surface area contributed by atoms with Gasteiger partial charge in [0, 0.05) is 19.1 Å². The van der Waals surface area contributed by atoms with Crippen molar-refractivity contribution >= 4 is 5.69 Å². The zero-order valence-corrected chi connectivity index (χ0v) is 11.0. The number of rotatable bonds is 2. The topological polar surface area (TPSA) is 53.0 Å². The van der Waals surface area contributed by atoms with E-state index >= 15 is 0 Å². The molecule has 1 aliphatic rings. The highest BCUT2D eigenvalue weighted by Gasteiger charge is 2.25. The predicted molar refractivity (Wildman–Crippen MR) is 74.4 cm³/mol. The van der Waals surface area contributed by atoms with Crippen LogP contribution in [0.3, 0.4) is 0 Å². The molecule has 2 unspecified atom stereocenters. The number of nitriles is 1. The van der Waals surface area contributed by atoms with Gasteiger partial charge in [0.1, 0.15) is 6.07 Å². The zero-order chi connectivity index (χ0) is 13.0. The van der Waals surface area contributed by atoms with Crippen LogP contribution in [0.25, 0.3) is 0 Å². The van der Waals surface area contributed by atoms with Gasteiger partial charge in [-0.05, 0) is 25.0 Å². The lowest BCUT2D eigenvalue weighted by Gasteiger charge is -2.33. The Bertz CT molecular complexity index is 436. The first-order valence-electron chi connectivity index (χ1n) is 6.71. The van der Waals surface area contributed by atoms with Crippen molar-refractivity contribution in [1.29, 1.82) is 5.26 Å². The fourth-order valence-electron chi connectivity index (χ4n) is 2.85. The molecule has 1 aliphatic carbocycles. The Balaban J connectivity index is 2.24. The average molecular weight is 243 g/mol. The Morgan fingerprint density at radius 3 is 2.72 bits per heavy atom. The maximum atomic E-state index is 9.18. The van der Waals surface area contributed by atoms with E-state index in [9.17, 15) is 5.26 Å². The number of nitrogens with two attached hydrogens (primary N) is 1. The van der Waals surface area contributed by atoms with Crippen molar-refractivity contribution < 1.29 is 0 Å². The first kappa shape index (κ1) is 12.9. The molecule has 0 saturated heterocycles. The lowest BCUT2D eigenvalue weighted by molar-refractivity contribution is 0.480. The first-order valence-corrected chi connectivity index (χ1v) is 6.71. The van der Waals surface area contributed by atoms with Crippen LogP contribution < -0.4 is 10.6 Å². The molecule has 0 amide bonds. The van der Waals surface area contributed by atoms with E-state index in [1.54, 1.807) is 0 Å². The third kappa shape index (κ3) is 2.65. The molecule has 0 heterocycles. The summed E-state index contributed by atoms with van der Waals surface area (Å²) in [6, 6.07) is 10.6. The normalized spacial score (nSPS) is 24.1. The highest BCUT2D eigenvalue weighted by atomic mass is 15.2. The average Bonchev–Trinajstić information content (AvgIpc) is 2.62. The highest BCUT2D eigenvalue weighted by Crippen LogP contribution is 2.27. The van der Waals surface area contributed by atoms with Gasteiger partial charge in [0.05, 0.1) is 11.3 Å². The zero-order valence-electron chi connectivity index (χ0n) is 11.0. The van der Waals surface area contributed by atoms with Gasteiger partial charge in [-0.25, -0.2) is 0 Å². The molecule has 1 aromatic rings. The lowest BCUT2D eigenvalue weighted by atomic mass is 10.0. The van der Waals surface area contributed by atoms with Crippen LogP contribution in [-0.4, -0.2) is 19.1 Å². The minimum atomic E-state index is 0.212. The summed E-state index contributed by atoms with van der Waals surface area (Å²) in [5.74, 6) is 0. The van der Waals surface area contributed by atoms with Gasteiger partial charge in [0.25, 0.3) is 0 Å². The largest absolute Gasteiger partial charge is 0.369 e. The molecule has 0 aromatic heterocycles. The fraction of sp³-hybridized carbons (Fsp3) is 0.533. The van der Waals surface area contributed by atoms with Crippen LogP contribution in [0.4, 0.5) is 5.69 Å². The van der Waals surface area contributed by atoms with Gasteiger partial charge < -0.3 is 10.6 Å². The summed E-state index contributed by atoms with van der Waals surface area (Å²) in [4.78, 5) is 2.20. The van der Waals surface area contributed by atoms with Crippen LogP contribution in [0.15, 0.2) is 24.3 Å². The molecule has 0 bridgehead atoms. The summed E-state index contributed by atoms with van der Waals surface area (Å²) < 4.78 is 0. The quantitative estimate of drug-likeness (QED) is 0.812. The molecule has 0 aliphatic heterocycles. The van der Waals surface area contributed by atoms with Crippen molar-refractivity contribution in [3.63, 3.8) is 0 Å². The van der Waals surface area contributed by atoms with E-state index in [1.807, 2.05) is 24.3 Å². The SMILES string of the molecule is CN(c1ccccc1C#N)C1CCCCCC1N. The third-order valence-corrected chi connectivity index (χ3v) is 3.93. The maximum absolute atomic E-state index is 9.18. The summed E-state index contributed by atoms with van der Waals surface area (Å²) in [5, 5.41) is 9.18.